The van der Waals surface area contributed by atoms with Crippen molar-refractivity contribution >= 4 is 11.9 Å². The molecule has 0 heterocycles. The van der Waals surface area contributed by atoms with Crippen LogP contribution in [-0.2, 0) is 9.59 Å². The largest absolute Gasteiger partial charge is 0.480 e. The molecule has 0 aromatic heterocycles. The Hall–Kier alpha value is -1.06. The highest BCUT2D eigenvalue weighted by Gasteiger charge is 2.51. The number of aliphatic carboxylic acids is 2. The maximum absolute atomic E-state index is 10.8. The maximum Gasteiger partial charge on any atom is 0.321 e. The van der Waals surface area contributed by atoms with Gasteiger partial charge in [-0.3, -0.25) is 9.59 Å². The van der Waals surface area contributed by atoms with Crippen LogP contribution in [0.3, 0.4) is 0 Å². The average molecular weight is 145 g/mol. The molecule has 0 spiro atoms. The number of carbonyl (C=O) groups is 2. The van der Waals surface area contributed by atoms with Crippen molar-refractivity contribution in [2.75, 3.05) is 0 Å². The van der Waals surface area contributed by atoms with Gasteiger partial charge in [0.05, 0.1) is 0 Å². The van der Waals surface area contributed by atoms with E-state index in [0.717, 1.165) is 0 Å². The quantitative estimate of drug-likeness (QED) is 0.549. The zero-order valence-corrected chi connectivity index (χ0v) is 5.29. The molecule has 1 fully saturated rings. The van der Waals surface area contributed by atoms with Gasteiger partial charge in [0.25, 0.3) is 1.43 Å². The Labute approximate surface area is 59.0 Å². The first kappa shape index (κ1) is 5.70. The molecule has 0 aliphatic heterocycles. The SMILES string of the molecule is [2H]OC(=O)C1(C(=O)O)CCC1. The molecular formula is C6H8O4. The third kappa shape index (κ3) is 0.683. The monoisotopic (exact) mass is 145 g/mol. The van der Waals surface area contributed by atoms with E-state index in [4.69, 9.17) is 6.54 Å². The summed E-state index contributed by atoms with van der Waals surface area (Å²) in [5.74, 6) is -2.13. The van der Waals surface area contributed by atoms with Gasteiger partial charge in [-0.2, -0.15) is 0 Å². The van der Waals surface area contributed by atoms with E-state index in [0.29, 0.717) is 19.3 Å². The van der Waals surface area contributed by atoms with Gasteiger partial charge in [0.15, 0.2) is 5.41 Å². The summed E-state index contributed by atoms with van der Waals surface area (Å²) in [6.07, 6.45) is 1.29. The third-order valence-electron chi connectivity index (χ3n) is 2.01. The normalized spacial score (nSPS) is 22.2. The average Bonchev–Trinajstić information content (AvgIpc) is 1.84. The molecule has 1 rings (SSSR count). The van der Waals surface area contributed by atoms with Crippen LogP contribution in [0, 0.1) is 5.41 Å². The second kappa shape index (κ2) is 1.97. The fourth-order valence-corrected chi connectivity index (χ4v) is 1.04. The second-order valence-corrected chi connectivity index (χ2v) is 2.53. The summed E-state index contributed by atoms with van der Waals surface area (Å²) >= 11 is 0. The molecule has 0 bridgehead atoms. The van der Waals surface area contributed by atoms with Gasteiger partial charge in [-0.15, -0.1) is 0 Å². The van der Waals surface area contributed by atoms with Gasteiger partial charge in [-0.1, -0.05) is 0 Å². The van der Waals surface area contributed by atoms with Crippen molar-refractivity contribution in [1.29, 1.82) is 1.43 Å². The zero-order chi connectivity index (χ0) is 8.48. The fraction of sp³-hybridized carbons (Fsp3) is 0.667. The first-order chi connectivity index (χ1) is 5.13. The van der Waals surface area contributed by atoms with Crippen molar-refractivity contribution < 1.29 is 19.8 Å². The molecule has 0 atom stereocenters. The molecule has 4 nitrogen and oxygen atoms in total. The second-order valence-electron chi connectivity index (χ2n) is 2.53. The van der Waals surface area contributed by atoms with E-state index >= 15 is 0 Å². The zero-order valence-electron chi connectivity index (χ0n) is 6.29. The van der Waals surface area contributed by atoms with Crippen molar-refractivity contribution in [2.45, 2.75) is 19.3 Å². The Bertz CT molecular complexity index is 197. The lowest BCUT2D eigenvalue weighted by Crippen LogP contribution is -2.44. The molecular weight excluding hydrogens is 136 g/mol. The molecule has 0 aromatic rings. The molecule has 4 heteroatoms. The summed E-state index contributed by atoms with van der Waals surface area (Å²) in [6.45, 7) is 0. The van der Waals surface area contributed by atoms with Crippen LogP contribution in [-0.4, -0.2) is 22.2 Å². The maximum atomic E-state index is 10.8. The van der Waals surface area contributed by atoms with Crippen LogP contribution >= 0.6 is 0 Å². The van der Waals surface area contributed by atoms with Gasteiger partial charge < -0.3 is 10.2 Å². The minimum absolute atomic E-state index is 0.292. The Morgan fingerprint density at radius 3 is 2.10 bits per heavy atom. The first-order valence-corrected chi connectivity index (χ1v) is 3.04. The van der Waals surface area contributed by atoms with Gasteiger partial charge in [0.1, 0.15) is 0 Å². The summed E-state index contributed by atoms with van der Waals surface area (Å²) in [5, 5.41) is 12.3. The van der Waals surface area contributed by atoms with E-state index in [-0.39, 0.29) is 0 Å². The van der Waals surface area contributed by atoms with Gasteiger partial charge in [-0.05, 0) is 19.3 Å². The molecule has 0 unspecified atom stereocenters. The smallest absolute Gasteiger partial charge is 0.321 e. The van der Waals surface area contributed by atoms with E-state index in [2.05, 4.69) is 5.11 Å². The van der Waals surface area contributed by atoms with Crippen molar-refractivity contribution in [3.63, 3.8) is 0 Å². The van der Waals surface area contributed by atoms with Crippen LogP contribution in [0.2, 0.25) is 0 Å². The van der Waals surface area contributed by atoms with E-state index in [1.165, 1.54) is 0 Å². The standard InChI is InChI=1S/C6H8O4/c7-4(8)6(5(9)10)2-1-3-6/h1-3H2,(H,7,8)(H,9,10)/i/hD. The predicted octanol–water partition coefficient (Wildman–Crippen LogP) is 0.326. The molecule has 56 valence electrons. The molecule has 0 amide bonds. The summed E-state index contributed by atoms with van der Waals surface area (Å²) < 4.78 is 6.28. The van der Waals surface area contributed by atoms with Gasteiger partial charge in [0, 0.05) is 0 Å². The van der Waals surface area contributed by atoms with E-state index in [9.17, 15) is 9.59 Å². The van der Waals surface area contributed by atoms with Crippen LogP contribution in [0.15, 0.2) is 0 Å². The number of hydrogen-bond donors (Lipinski definition) is 2. The number of carboxylic acid groups (broad SMARTS) is 2. The molecule has 0 radical (unpaired) electrons. The predicted molar refractivity (Wildman–Crippen MR) is 31.6 cm³/mol. The summed E-state index contributed by atoms with van der Waals surface area (Å²) in [6, 6.07) is 0. The number of rotatable bonds is 2. The molecule has 0 saturated heterocycles. The number of carboxylic acids is 2. The highest BCUT2D eigenvalue weighted by atomic mass is 16.4. The highest BCUT2D eigenvalue weighted by Crippen LogP contribution is 2.41. The molecule has 0 aromatic carbocycles. The van der Waals surface area contributed by atoms with Crippen molar-refractivity contribution in [2.24, 2.45) is 5.41 Å². The topological polar surface area (TPSA) is 74.6 Å². The Morgan fingerprint density at radius 1 is 1.40 bits per heavy atom. The molecule has 1 aliphatic carbocycles. The summed E-state index contributed by atoms with van der Waals surface area (Å²) in [7, 11) is 0. The van der Waals surface area contributed by atoms with Crippen molar-refractivity contribution in [3.05, 3.63) is 0 Å². The molecule has 2 N–H and O–H groups in total. The number of hydrogen-bond acceptors (Lipinski definition) is 3. The van der Waals surface area contributed by atoms with Gasteiger partial charge in [-0.25, -0.2) is 0 Å². The van der Waals surface area contributed by atoms with Gasteiger partial charge in [0.2, 0.25) is 0 Å². The summed E-state index contributed by atoms with van der Waals surface area (Å²) in [5.41, 5.74) is -1.40. The Kier molecular flexibility index (Phi) is 1.12. The fourth-order valence-electron chi connectivity index (χ4n) is 1.04. The van der Waals surface area contributed by atoms with E-state index in [1.54, 1.807) is 0 Å². The lowest BCUT2D eigenvalue weighted by molar-refractivity contribution is -0.171. The lowest BCUT2D eigenvalue weighted by atomic mass is 9.69. The lowest BCUT2D eigenvalue weighted by Gasteiger charge is -2.32. The third-order valence-corrected chi connectivity index (χ3v) is 2.01. The van der Waals surface area contributed by atoms with E-state index < -0.39 is 17.4 Å². The van der Waals surface area contributed by atoms with Crippen molar-refractivity contribution in [1.82, 2.24) is 0 Å². The highest BCUT2D eigenvalue weighted by molar-refractivity contribution is 5.99. The minimum Gasteiger partial charge on any atom is -0.480 e. The first-order valence-electron chi connectivity index (χ1n) is 3.45. The van der Waals surface area contributed by atoms with Crippen LogP contribution in [0.4, 0.5) is 0 Å². The van der Waals surface area contributed by atoms with Crippen LogP contribution in [0.5, 0.6) is 0 Å². The molecule has 10 heavy (non-hydrogen) atoms. The molecule has 1 aliphatic rings. The minimum atomic E-state index is -1.40. The van der Waals surface area contributed by atoms with Crippen LogP contribution in [0.1, 0.15) is 19.3 Å². The van der Waals surface area contributed by atoms with Crippen LogP contribution in [0.25, 0.3) is 1.43 Å². The Morgan fingerprint density at radius 2 is 2.00 bits per heavy atom. The van der Waals surface area contributed by atoms with Crippen LogP contribution < -0.4 is 0 Å². The van der Waals surface area contributed by atoms with Crippen molar-refractivity contribution in [3.8, 4) is 0 Å². The summed E-state index contributed by atoms with van der Waals surface area (Å²) in [4.78, 5) is 21.3. The van der Waals surface area contributed by atoms with Gasteiger partial charge >= 0.3 is 11.9 Å². The molecule has 1 saturated carbocycles. The van der Waals surface area contributed by atoms with E-state index in [1.807, 2.05) is 0 Å². The Balaban J connectivity index is 2.75.